The maximum Gasteiger partial charge on any atom is 0.303 e. The molecule has 1 fully saturated rings. The Hall–Kier alpha value is -1.91. The monoisotopic (exact) mass is 307 g/mol. The predicted octanol–water partition coefficient (Wildman–Crippen LogP) is 3.00. The third kappa shape index (κ3) is 4.83. The van der Waals surface area contributed by atoms with Crippen molar-refractivity contribution in [3.8, 4) is 0 Å². The van der Waals surface area contributed by atoms with Crippen LogP contribution in [0.2, 0.25) is 0 Å². The molecule has 1 amide bonds. The van der Waals surface area contributed by atoms with Crippen LogP contribution in [0.5, 0.6) is 0 Å². The third-order valence-electron chi connectivity index (χ3n) is 4.09. The minimum absolute atomic E-state index is 0.0873. The highest BCUT2D eigenvalue weighted by Gasteiger charge is 2.28. The number of benzene rings is 1. The first-order chi connectivity index (χ1) is 10.6. The van der Waals surface area contributed by atoms with Crippen molar-refractivity contribution >= 4 is 11.9 Å². The number of carboxylic acids is 1. The summed E-state index contributed by atoms with van der Waals surface area (Å²) in [6.45, 7) is 0.748. The zero-order chi connectivity index (χ0) is 15.9. The predicted molar refractivity (Wildman–Crippen MR) is 80.9 cm³/mol. The van der Waals surface area contributed by atoms with Gasteiger partial charge in [-0.1, -0.05) is 12.1 Å². The molecular weight excluding hydrogens is 285 g/mol. The van der Waals surface area contributed by atoms with E-state index < -0.39 is 5.97 Å². The van der Waals surface area contributed by atoms with Gasteiger partial charge in [-0.2, -0.15) is 0 Å². The number of hydrogen-bond acceptors (Lipinski definition) is 2. The summed E-state index contributed by atoms with van der Waals surface area (Å²) < 4.78 is 13.2. The SMILES string of the molecule is O=C(O)CCCCC(=O)N1CCCC1Cc1cccc(F)c1. The molecule has 1 N–H and O–H groups in total. The van der Waals surface area contributed by atoms with Gasteiger partial charge in [0.15, 0.2) is 0 Å². The van der Waals surface area contributed by atoms with Gasteiger partial charge >= 0.3 is 5.97 Å². The van der Waals surface area contributed by atoms with Crippen LogP contribution in [0.25, 0.3) is 0 Å². The van der Waals surface area contributed by atoms with Gasteiger partial charge in [0.2, 0.25) is 5.91 Å². The lowest BCUT2D eigenvalue weighted by atomic mass is 10.0. The molecule has 0 spiro atoms. The van der Waals surface area contributed by atoms with Gasteiger partial charge in [-0.05, 0) is 49.8 Å². The number of halogens is 1. The van der Waals surface area contributed by atoms with Crippen LogP contribution in [-0.2, 0) is 16.0 Å². The number of hydrogen-bond donors (Lipinski definition) is 1. The molecule has 1 saturated heterocycles. The molecule has 0 aliphatic carbocycles. The molecule has 1 aromatic carbocycles. The minimum Gasteiger partial charge on any atom is -0.481 e. The molecule has 1 atom stereocenters. The Balaban J connectivity index is 1.84. The Morgan fingerprint density at radius 2 is 2.05 bits per heavy atom. The second-order valence-corrected chi connectivity index (χ2v) is 5.82. The van der Waals surface area contributed by atoms with Crippen LogP contribution in [0, 0.1) is 5.82 Å². The number of nitrogens with zero attached hydrogens (tertiary/aromatic N) is 1. The summed E-state index contributed by atoms with van der Waals surface area (Å²) >= 11 is 0. The van der Waals surface area contributed by atoms with Crippen molar-refractivity contribution in [3.63, 3.8) is 0 Å². The highest BCUT2D eigenvalue weighted by molar-refractivity contribution is 5.77. The minimum atomic E-state index is -0.822. The first kappa shape index (κ1) is 16.5. The van der Waals surface area contributed by atoms with Gasteiger partial charge in [-0.25, -0.2) is 4.39 Å². The Bertz CT molecular complexity index is 532. The number of amides is 1. The molecule has 2 rings (SSSR count). The molecule has 4 nitrogen and oxygen atoms in total. The molecular formula is C17H22FNO3. The van der Waals surface area contributed by atoms with Gasteiger partial charge in [0.05, 0.1) is 0 Å². The topological polar surface area (TPSA) is 57.6 Å². The van der Waals surface area contributed by atoms with E-state index in [0.29, 0.717) is 25.7 Å². The third-order valence-corrected chi connectivity index (χ3v) is 4.09. The molecule has 1 aliphatic heterocycles. The summed E-state index contributed by atoms with van der Waals surface area (Å²) in [4.78, 5) is 24.6. The highest BCUT2D eigenvalue weighted by atomic mass is 19.1. The fourth-order valence-electron chi connectivity index (χ4n) is 3.01. The molecule has 0 radical (unpaired) electrons. The lowest BCUT2D eigenvalue weighted by Crippen LogP contribution is -2.36. The molecule has 120 valence electrons. The fraction of sp³-hybridized carbons (Fsp3) is 0.529. The van der Waals surface area contributed by atoms with E-state index in [1.165, 1.54) is 12.1 Å². The largest absolute Gasteiger partial charge is 0.481 e. The summed E-state index contributed by atoms with van der Waals surface area (Å²) in [5.41, 5.74) is 0.913. The van der Waals surface area contributed by atoms with Crippen LogP contribution in [-0.4, -0.2) is 34.5 Å². The molecule has 1 aromatic rings. The van der Waals surface area contributed by atoms with E-state index in [-0.39, 0.29) is 24.2 Å². The number of unbranched alkanes of at least 4 members (excludes halogenated alkanes) is 1. The van der Waals surface area contributed by atoms with E-state index in [9.17, 15) is 14.0 Å². The quantitative estimate of drug-likeness (QED) is 0.788. The van der Waals surface area contributed by atoms with Crippen molar-refractivity contribution in [2.24, 2.45) is 0 Å². The van der Waals surface area contributed by atoms with E-state index in [1.807, 2.05) is 11.0 Å². The highest BCUT2D eigenvalue weighted by Crippen LogP contribution is 2.23. The number of carbonyl (C=O) groups excluding carboxylic acids is 1. The normalized spacial score (nSPS) is 17.7. The van der Waals surface area contributed by atoms with Crippen molar-refractivity contribution < 1.29 is 19.1 Å². The first-order valence-electron chi connectivity index (χ1n) is 7.82. The van der Waals surface area contributed by atoms with E-state index in [4.69, 9.17) is 5.11 Å². The summed E-state index contributed by atoms with van der Waals surface area (Å²) in [5.74, 6) is -0.982. The van der Waals surface area contributed by atoms with Crippen molar-refractivity contribution in [2.45, 2.75) is 51.0 Å². The summed E-state index contributed by atoms with van der Waals surface area (Å²) in [6.07, 6.45) is 4.24. The fourth-order valence-corrected chi connectivity index (χ4v) is 3.01. The number of carbonyl (C=O) groups is 2. The number of aliphatic carboxylic acids is 1. The summed E-state index contributed by atoms with van der Waals surface area (Å²) in [7, 11) is 0. The van der Waals surface area contributed by atoms with Crippen molar-refractivity contribution in [1.82, 2.24) is 4.90 Å². The maximum atomic E-state index is 13.2. The van der Waals surface area contributed by atoms with Crippen LogP contribution < -0.4 is 0 Å². The van der Waals surface area contributed by atoms with Crippen LogP contribution in [0.3, 0.4) is 0 Å². The average molecular weight is 307 g/mol. The van der Waals surface area contributed by atoms with Crippen LogP contribution >= 0.6 is 0 Å². The molecule has 1 aliphatic rings. The van der Waals surface area contributed by atoms with Crippen molar-refractivity contribution in [1.29, 1.82) is 0 Å². The van der Waals surface area contributed by atoms with Crippen molar-refractivity contribution in [2.75, 3.05) is 6.54 Å². The maximum absolute atomic E-state index is 13.2. The lowest BCUT2D eigenvalue weighted by Gasteiger charge is -2.25. The molecule has 22 heavy (non-hydrogen) atoms. The van der Waals surface area contributed by atoms with Gasteiger partial charge in [0, 0.05) is 25.4 Å². The van der Waals surface area contributed by atoms with E-state index in [0.717, 1.165) is 24.9 Å². The standard InChI is InChI=1S/C17H22FNO3/c18-14-6-3-5-13(11-14)12-15-7-4-10-19(15)16(20)8-1-2-9-17(21)22/h3,5-6,11,15H,1-2,4,7-10,12H2,(H,21,22). The molecule has 1 heterocycles. The Morgan fingerprint density at radius 1 is 1.27 bits per heavy atom. The molecule has 1 unspecified atom stereocenters. The van der Waals surface area contributed by atoms with E-state index >= 15 is 0 Å². The van der Waals surface area contributed by atoms with Gasteiger partial charge in [0.25, 0.3) is 0 Å². The van der Waals surface area contributed by atoms with Crippen LogP contribution in [0.1, 0.15) is 44.1 Å². The second-order valence-electron chi connectivity index (χ2n) is 5.82. The zero-order valence-electron chi connectivity index (χ0n) is 12.6. The lowest BCUT2D eigenvalue weighted by molar-refractivity contribution is -0.137. The van der Waals surface area contributed by atoms with Gasteiger partial charge in [0.1, 0.15) is 5.82 Å². The number of likely N-dealkylation sites (tertiary alicyclic amines) is 1. The van der Waals surface area contributed by atoms with Gasteiger partial charge in [-0.3, -0.25) is 9.59 Å². The number of carboxylic acid groups (broad SMARTS) is 1. The average Bonchev–Trinajstić information content (AvgIpc) is 2.91. The molecule has 0 saturated carbocycles. The van der Waals surface area contributed by atoms with Gasteiger partial charge < -0.3 is 10.0 Å². The van der Waals surface area contributed by atoms with Gasteiger partial charge in [-0.15, -0.1) is 0 Å². The van der Waals surface area contributed by atoms with Crippen molar-refractivity contribution in [3.05, 3.63) is 35.6 Å². The van der Waals surface area contributed by atoms with Crippen LogP contribution in [0.15, 0.2) is 24.3 Å². The smallest absolute Gasteiger partial charge is 0.303 e. The number of rotatable bonds is 7. The molecule has 0 bridgehead atoms. The van der Waals surface area contributed by atoms with E-state index in [1.54, 1.807) is 6.07 Å². The Morgan fingerprint density at radius 3 is 2.77 bits per heavy atom. The van der Waals surface area contributed by atoms with Crippen LogP contribution in [0.4, 0.5) is 4.39 Å². The van der Waals surface area contributed by atoms with E-state index in [2.05, 4.69) is 0 Å². The summed E-state index contributed by atoms with van der Waals surface area (Å²) in [6, 6.07) is 6.65. The zero-order valence-corrected chi connectivity index (χ0v) is 12.6. The molecule has 0 aromatic heterocycles. The molecule has 5 heteroatoms. The summed E-state index contributed by atoms with van der Waals surface area (Å²) in [5, 5.41) is 8.59. The second kappa shape index (κ2) is 7.92. The Labute approximate surface area is 129 Å². The Kier molecular flexibility index (Phi) is 5.92. The first-order valence-corrected chi connectivity index (χ1v) is 7.82.